The molecule has 4 saturated carbocycles. The van der Waals surface area contributed by atoms with Gasteiger partial charge in [0.15, 0.2) is 0 Å². The summed E-state index contributed by atoms with van der Waals surface area (Å²) < 4.78 is 0. The molecule has 0 spiro atoms. The molecule has 22 heavy (non-hydrogen) atoms. The van der Waals surface area contributed by atoms with Gasteiger partial charge in [0.1, 0.15) is 5.78 Å². The number of carbonyl (C=O) groups is 1. The van der Waals surface area contributed by atoms with E-state index in [9.17, 15) is 15.0 Å². The maximum atomic E-state index is 12.4. The second-order valence-electron chi connectivity index (χ2n) is 9.14. The number of ketones is 1. The number of Topliss-reactive ketones (excluding diaryl/α,β-unsaturated/α-hetero) is 1. The van der Waals surface area contributed by atoms with Gasteiger partial charge in [0, 0.05) is 11.8 Å². The highest BCUT2D eigenvalue weighted by Crippen LogP contribution is 2.65. The Hall–Kier alpha value is -0.410. The first kappa shape index (κ1) is 15.1. The average Bonchev–Trinajstić information content (AvgIpc) is 2.77. The molecule has 0 radical (unpaired) electrons. The predicted molar refractivity (Wildman–Crippen MR) is 84.1 cm³/mol. The summed E-state index contributed by atoms with van der Waals surface area (Å²) in [5, 5.41) is 20.9. The van der Waals surface area contributed by atoms with Crippen LogP contribution in [0.4, 0.5) is 0 Å². The molecule has 0 aromatic heterocycles. The van der Waals surface area contributed by atoms with E-state index in [1.165, 1.54) is 0 Å². The van der Waals surface area contributed by atoms with Gasteiger partial charge in [-0.05, 0) is 74.0 Å². The van der Waals surface area contributed by atoms with Crippen LogP contribution in [0.25, 0.3) is 0 Å². The molecule has 3 heteroatoms. The zero-order chi connectivity index (χ0) is 15.7. The van der Waals surface area contributed by atoms with Crippen molar-refractivity contribution >= 4 is 5.78 Å². The zero-order valence-corrected chi connectivity index (χ0v) is 13.9. The van der Waals surface area contributed by atoms with Crippen LogP contribution in [0.5, 0.6) is 0 Å². The summed E-state index contributed by atoms with van der Waals surface area (Å²) in [5.74, 6) is 2.13. The van der Waals surface area contributed by atoms with Crippen molar-refractivity contribution in [3.63, 3.8) is 0 Å². The third-order valence-electron chi connectivity index (χ3n) is 8.36. The Balaban J connectivity index is 1.69. The van der Waals surface area contributed by atoms with Crippen LogP contribution in [0.2, 0.25) is 0 Å². The molecule has 3 nitrogen and oxygen atoms in total. The highest BCUT2D eigenvalue weighted by Gasteiger charge is 2.62. The summed E-state index contributed by atoms with van der Waals surface area (Å²) in [6.07, 6.45) is 7.03. The van der Waals surface area contributed by atoms with Crippen LogP contribution in [0.15, 0.2) is 0 Å². The molecule has 0 amide bonds. The van der Waals surface area contributed by atoms with Crippen LogP contribution < -0.4 is 0 Å². The Kier molecular flexibility index (Phi) is 3.30. The van der Waals surface area contributed by atoms with Crippen LogP contribution in [-0.2, 0) is 4.79 Å². The number of fused-ring (bicyclic) bond motifs is 5. The topological polar surface area (TPSA) is 57.5 Å². The van der Waals surface area contributed by atoms with Gasteiger partial charge in [-0.15, -0.1) is 0 Å². The zero-order valence-electron chi connectivity index (χ0n) is 13.9. The Morgan fingerprint density at radius 2 is 1.77 bits per heavy atom. The molecule has 0 aliphatic heterocycles. The Bertz CT molecular complexity index is 489. The SMILES string of the molecule is C[C@]12CC[C@@H](O)C[C@H]1C[C@@H](O)[C@@H]1[C@@H]2CC[C@]2(C)C(=O)CC[C@@H]12. The third kappa shape index (κ3) is 1.84. The van der Waals surface area contributed by atoms with E-state index in [-0.39, 0.29) is 23.0 Å². The monoisotopic (exact) mass is 306 g/mol. The summed E-state index contributed by atoms with van der Waals surface area (Å²) >= 11 is 0. The largest absolute Gasteiger partial charge is 0.393 e. The molecule has 0 saturated heterocycles. The molecule has 0 aromatic rings. The minimum atomic E-state index is -0.274. The predicted octanol–water partition coefficient (Wildman–Crippen LogP) is 2.93. The number of aliphatic hydroxyl groups is 2. The van der Waals surface area contributed by atoms with Crippen molar-refractivity contribution in [2.75, 3.05) is 0 Å². The lowest BCUT2D eigenvalue weighted by Gasteiger charge is -2.61. The second kappa shape index (κ2) is 4.80. The minimum Gasteiger partial charge on any atom is -0.393 e. The van der Waals surface area contributed by atoms with Crippen molar-refractivity contribution < 1.29 is 15.0 Å². The fourth-order valence-corrected chi connectivity index (χ4v) is 6.97. The molecular formula is C19H30O3. The number of rotatable bonds is 0. The second-order valence-corrected chi connectivity index (χ2v) is 9.14. The fraction of sp³-hybridized carbons (Fsp3) is 0.947. The van der Waals surface area contributed by atoms with Crippen molar-refractivity contribution in [2.45, 2.75) is 77.4 Å². The van der Waals surface area contributed by atoms with Gasteiger partial charge in [-0.25, -0.2) is 0 Å². The normalized spacial score (nSPS) is 57.9. The summed E-state index contributed by atoms with van der Waals surface area (Å²) in [5.41, 5.74) is 0.0929. The molecule has 4 rings (SSSR count). The minimum absolute atomic E-state index is 0.167. The van der Waals surface area contributed by atoms with E-state index in [4.69, 9.17) is 0 Å². The number of hydrogen-bond donors (Lipinski definition) is 2. The molecule has 0 bridgehead atoms. The van der Waals surface area contributed by atoms with E-state index < -0.39 is 0 Å². The first-order valence-corrected chi connectivity index (χ1v) is 9.25. The standard InChI is InChI=1S/C19H30O3/c1-18-7-5-12(20)9-11(18)10-15(21)17-13-3-4-16(22)19(13,2)8-6-14(17)18/h11-15,17,20-21H,3-10H2,1-2H3/t11-,12+,13-,14-,15+,17-,18-,19-/m0/s1. The van der Waals surface area contributed by atoms with Crippen LogP contribution >= 0.6 is 0 Å². The molecule has 0 unspecified atom stereocenters. The van der Waals surface area contributed by atoms with Gasteiger partial charge in [0.25, 0.3) is 0 Å². The van der Waals surface area contributed by atoms with Gasteiger partial charge < -0.3 is 10.2 Å². The number of aliphatic hydroxyl groups excluding tert-OH is 2. The lowest BCUT2D eigenvalue weighted by Crippen LogP contribution is -2.58. The molecule has 124 valence electrons. The Labute approximate surface area is 133 Å². The molecule has 0 heterocycles. The number of hydrogen-bond acceptors (Lipinski definition) is 3. The van der Waals surface area contributed by atoms with E-state index >= 15 is 0 Å². The molecule has 2 N–H and O–H groups in total. The van der Waals surface area contributed by atoms with E-state index in [1.54, 1.807) is 0 Å². The van der Waals surface area contributed by atoms with Gasteiger partial charge >= 0.3 is 0 Å². The maximum absolute atomic E-state index is 12.4. The lowest BCUT2D eigenvalue weighted by molar-refractivity contribution is -0.171. The summed E-state index contributed by atoms with van der Waals surface area (Å²) in [6, 6.07) is 0. The molecule has 0 aromatic carbocycles. The Morgan fingerprint density at radius 1 is 1.00 bits per heavy atom. The van der Waals surface area contributed by atoms with Crippen LogP contribution in [0, 0.1) is 34.5 Å². The molecule has 8 atom stereocenters. The summed E-state index contributed by atoms with van der Waals surface area (Å²) in [6.45, 7) is 4.57. The van der Waals surface area contributed by atoms with Crippen molar-refractivity contribution in [2.24, 2.45) is 34.5 Å². The van der Waals surface area contributed by atoms with Crippen molar-refractivity contribution in [1.29, 1.82) is 0 Å². The summed E-state index contributed by atoms with van der Waals surface area (Å²) in [4.78, 5) is 12.4. The number of carbonyl (C=O) groups excluding carboxylic acids is 1. The van der Waals surface area contributed by atoms with E-state index in [1.807, 2.05) is 0 Å². The van der Waals surface area contributed by atoms with Crippen molar-refractivity contribution in [1.82, 2.24) is 0 Å². The molecule has 4 fully saturated rings. The Morgan fingerprint density at radius 3 is 2.55 bits per heavy atom. The van der Waals surface area contributed by atoms with Gasteiger partial charge in [-0.3, -0.25) is 4.79 Å². The van der Waals surface area contributed by atoms with E-state index in [0.717, 1.165) is 51.4 Å². The highest BCUT2D eigenvalue weighted by molar-refractivity contribution is 5.87. The first-order valence-electron chi connectivity index (χ1n) is 9.25. The average molecular weight is 306 g/mol. The molecule has 4 aliphatic carbocycles. The molecule has 4 aliphatic rings. The third-order valence-corrected chi connectivity index (χ3v) is 8.36. The smallest absolute Gasteiger partial charge is 0.139 e. The lowest BCUT2D eigenvalue weighted by atomic mass is 9.44. The van der Waals surface area contributed by atoms with Crippen molar-refractivity contribution in [3.05, 3.63) is 0 Å². The molecular weight excluding hydrogens is 276 g/mol. The first-order chi connectivity index (χ1) is 10.4. The van der Waals surface area contributed by atoms with Crippen molar-refractivity contribution in [3.8, 4) is 0 Å². The quantitative estimate of drug-likeness (QED) is 0.723. The maximum Gasteiger partial charge on any atom is 0.139 e. The van der Waals surface area contributed by atoms with Crippen LogP contribution in [0.1, 0.15) is 65.2 Å². The van der Waals surface area contributed by atoms with Gasteiger partial charge in [0.2, 0.25) is 0 Å². The highest BCUT2D eigenvalue weighted by atomic mass is 16.3. The van der Waals surface area contributed by atoms with E-state index in [0.29, 0.717) is 29.5 Å². The fourth-order valence-electron chi connectivity index (χ4n) is 6.97. The van der Waals surface area contributed by atoms with Gasteiger partial charge in [0.05, 0.1) is 12.2 Å². The van der Waals surface area contributed by atoms with Gasteiger partial charge in [-0.1, -0.05) is 13.8 Å². The van der Waals surface area contributed by atoms with Gasteiger partial charge in [-0.2, -0.15) is 0 Å². The van der Waals surface area contributed by atoms with Crippen LogP contribution in [-0.4, -0.2) is 28.2 Å². The van der Waals surface area contributed by atoms with E-state index in [2.05, 4.69) is 13.8 Å². The van der Waals surface area contributed by atoms with Crippen LogP contribution in [0.3, 0.4) is 0 Å². The summed E-state index contributed by atoms with van der Waals surface area (Å²) in [7, 11) is 0.